The van der Waals surface area contributed by atoms with E-state index in [4.69, 9.17) is 26.2 Å². The number of hydrogen-bond donors (Lipinski definition) is 1. The van der Waals surface area contributed by atoms with Crippen LogP contribution >= 0.6 is 23.4 Å². The maximum absolute atomic E-state index is 12.8. The minimum absolute atomic E-state index is 0.0299. The van der Waals surface area contributed by atoms with Crippen LogP contribution in [0.5, 0.6) is 11.5 Å². The molecule has 0 spiro atoms. The molecule has 0 saturated carbocycles. The van der Waals surface area contributed by atoms with Crippen LogP contribution < -0.4 is 14.8 Å². The lowest BCUT2D eigenvalue weighted by Crippen LogP contribution is -2.25. The van der Waals surface area contributed by atoms with Crippen molar-refractivity contribution in [2.24, 2.45) is 10.1 Å². The number of amidine groups is 1. The number of thioether (sulfide) groups is 1. The first kappa shape index (κ1) is 25.8. The minimum atomic E-state index is -0.649. The van der Waals surface area contributed by atoms with Gasteiger partial charge in [0.25, 0.3) is 5.91 Å². The summed E-state index contributed by atoms with van der Waals surface area (Å²) >= 11 is 7.40. The number of methoxy groups -OCH3 is 2. The number of halogens is 1. The van der Waals surface area contributed by atoms with Gasteiger partial charge >= 0.3 is 0 Å². The quantitative estimate of drug-likeness (QED) is 0.417. The third-order valence-corrected chi connectivity index (χ3v) is 7.75. The first-order chi connectivity index (χ1) is 18.4. The Bertz CT molecular complexity index is 1410. The average molecular weight is 549 g/mol. The minimum Gasteiger partial charge on any atom is -0.497 e. The molecular weight excluding hydrogens is 524 g/mol. The second-order valence-corrected chi connectivity index (χ2v) is 10.3. The molecule has 8 nitrogen and oxygen atoms in total. The molecule has 0 bridgehead atoms. The summed E-state index contributed by atoms with van der Waals surface area (Å²) in [5.41, 5.74) is 3.33. The van der Waals surface area contributed by atoms with Gasteiger partial charge in [-0.2, -0.15) is 10.1 Å². The lowest BCUT2D eigenvalue weighted by molar-refractivity contribution is -0.121. The number of aliphatic imine (C=N–C) groups is 1. The predicted molar refractivity (Wildman–Crippen MR) is 150 cm³/mol. The van der Waals surface area contributed by atoms with Crippen LogP contribution in [0.3, 0.4) is 0 Å². The van der Waals surface area contributed by atoms with Gasteiger partial charge in [-0.05, 0) is 59.7 Å². The van der Waals surface area contributed by atoms with Crippen LogP contribution in [0, 0.1) is 0 Å². The molecule has 3 aromatic rings. The number of amides is 2. The summed E-state index contributed by atoms with van der Waals surface area (Å²) in [6.45, 7) is 0. The van der Waals surface area contributed by atoms with E-state index in [0.717, 1.165) is 28.3 Å². The van der Waals surface area contributed by atoms with Crippen LogP contribution in [0.2, 0.25) is 5.02 Å². The van der Waals surface area contributed by atoms with Gasteiger partial charge in [0, 0.05) is 12.8 Å². The molecule has 5 rings (SSSR count). The monoisotopic (exact) mass is 548 g/mol. The lowest BCUT2D eigenvalue weighted by Gasteiger charge is -2.23. The highest BCUT2D eigenvalue weighted by Gasteiger charge is 2.39. The molecule has 3 aromatic carbocycles. The van der Waals surface area contributed by atoms with Crippen LogP contribution in [0.1, 0.15) is 30.0 Å². The topological polar surface area (TPSA) is 92.6 Å². The van der Waals surface area contributed by atoms with E-state index in [9.17, 15) is 9.59 Å². The Labute approximate surface area is 229 Å². The summed E-state index contributed by atoms with van der Waals surface area (Å²) in [5.74, 6) is 0.842. The molecule has 0 aliphatic carbocycles. The molecule has 2 amide bonds. The Morgan fingerprint density at radius 2 is 1.68 bits per heavy atom. The van der Waals surface area contributed by atoms with Crippen LogP contribution in [-0.2, 0) is 9.59 Å². The van der Waals surface area contributed by atoms with Crippen molar-refractivity contribution in [1.29, 1.82) is 0 Å². The van der Waals surface area contributed by atoms with Gasteiger partial charge in [-0.1, -0.05) is 47.6 Å². The van der Waals surface area contributed by atoms with Crippen molar-refractivity contribution in [3.8, 4) is 11.5 Å². The number of anilines is 1. The molecule has 0 unspecified atom stereocenters. The lowest BCUT2D eigenvalue weighted by atomic mass is 9.98. The second kappa shape index (κ2) is 11.3. The van der Waals surface area contributed by atoms with Gasteiger partial charge in [-0.3, -0.25) is 9.59 Å². The SMILES string of the molecule is COc1ccc(C2=NN(C3=NC(=O)[C@H](CC(=O)Nc4ccccc4Cl)S3)[C@H](c3ccc(OC)cc3)C2)cc1. The third-order valence-electron chi connectivity index (χ3n) is 6.28. The molecule has 0 saturated heterocycles. The molecule has 2 aliphatic heterocycles. The fourth-order valence-electron chi connectivity index (χ4n) is 4.27. The van der Waals surface area contributed by atoms with Crippen LogP contribution in [0.25, 0.3) is 0 Å². The average Bonchev–Trinajstić information content (AvgIpc) is 3.54. The highest BCUT2D eigenvalue weighted by molar-refractivity contribution is 8.15. The Kier molecular flexibility index (Phi) is 7.67. The number of nitrogens with zero attached hydrogens (tertiary/aromatic N) is 3. The number of nitrogens with one attached hydrogen (secondary N) is 1. The Morgan fingerprint density at radius 3 is 2.34 bits per heavy atom. The molecule has 0 aromatic heterocycles. The van der Waals surface area contributed by atoms with E-state index in [0.29, 0.717) is 22.3 Å². The summed E-state index contributed by atoms with van der Waals surface area (Å²) in [6, 6.07) is 22.3. The first-order valence-electron chi connectivity index (χ1n) is 11.9. The second-order valence-electron chi connectivity index (χ2n) is 8.68. The van der Waals surface area contributed by atoms with Crippen LogP contribution in [0.15, 0.2) is 82.9 Å². The van der Waals surface area contributed by atoms with E-state index in [2.05, 4.69) is 10.3 Å². The molecule has 194 valence electrons. The number of ether oxygens (including phenoxy) is 2. The molecule has 1 N–H and O–H groups in total. The van der Waals surface area contributed by atoms with Crippen LogP contribution in [-0.4, -0.2) is 47.2 Å². The predicted octanol–water partition coefficient (Wildman–Crippen LogP) is 5.54. The number of hydrazone groups is 1. The van der Waals surface area contributed by atoms with Gasteiger partial charge in [0.15, 0.2) is 5.17 Å². The largest absolute Gasteiger partial charge is 0.497 e. The number of carbonyl (C=O) groups excluding carboxylic acids is 2. The normalized spacial score (nSPS) is 18.7. The fraction of sp³-hybridized carbons (Fsp3) is 0.214. The molecule has 0 radical (unpaired) electrons. The number of carbonyl (C=O) groups is 2. The third kappa shape index (κ3) is 5.54. The highest BCUT2D eigenvalue weighted by Crippen LogP contribution is 2.39. The molecule has 0 fully saturated rings. The van der Waals surface area contributed by atoms with Gasteiger partial charge in [-0.15, -0.1) is 0 Å². The van der Waals surface area contributed by atoms with E-state index in [1.165, 1.54) is 11.8 Å². The van der Waals surface area contributed by atoms with Gasteiger partial charge in [0.1, 0.15) is 16.7 Å². The molecular formula is C28H25ClN4O4S. The summed E-state index contributed by atoms with van der Waals surface area (Å²) in [7, 11) is 3.25. The van der Waals surface area contributed by atoms with E-state index in [1.807, 2.05) is 48.5 Å². The van der Waals surface area contributed by atoms with E-state index < -0.39 is 5.25 Å². The van der Waals surface area contributed by atoms with Crippen LogP contribution in [0.4, 0.5) is 5.69 Å². The fourth-order valence-corrected chi connectivity index (χ4v) is 5.51. The van der Waals surface area contributed by atoms with Crippen molar-refractivity contribution in [3.63, 3.8) is 0 Å². The van der Waals surface area contributed by atoms with Crippen molar-refractivity contribution in [2.75, 3.05) is 19.5 Å². The Balaban J connectivity index is 1.36. The molecule has 2 atom stereocenters. The zero-order valence-electron chi connectivity index (χ0n) is 20.8. The molecule has 2 aliphatic rings. The zero-order chi connectivity index (χ0) is 26.6. The molecule has 2 heterocycles. The Hall–Kier alpha value is -3.82. The van der Waals surface area contributed by atoms with Crippen molar-refractivity contribution >= 4 is 51.7 Å². The zero-order valence-corrected chi connectivity index (χ0v) is 22.3. The van der Waals surface area contributed by atoms with Crippen molar-refractivity contribution < 1.29 is 19.1 Å². The van der Waals surface area contributed by atoms with Gasteiger partial charge < -0.3 is 14.8 Å². The summed E-state index contributed by atoms with van der Waals surface area (Å²) in [5, 5.41) is 9.69. The molecule has 10 heteroatoms. The highest BCUT2D eigenvalue weighted by atomic mass is 35.5. The maximum Gasteiger partial charge on any atom is 0.262 e. The maximum atomic E-state index is 12.8. The standard InChI is InChI=1S/C28H25ClN4O4S/c1-36-19-11-7-17(8-12-19)23-15-24(18-9-13-20(37-2)14-10-18)33(32-23)28-31-27(35)25(38-28)16-26(34)30-22-6-4-3-5-21(22)29/h3-14,24-25H,15-16H2,1-2H3,(H,30,34)/t24-,25-/m0/s1. The van der Waals surface area contributed by atoms with E-state index in [-0.39, 0.29) is 24.3 Å². The first-order valence-corrected chi connectivity index (χ1v) is 13.2. The summed E-state index contributed by atoms with van der Waals surface area (Å²) < 4.78 is 10.6. The van der Waals surface area contributed by atoms with Gasteiger partial charge in [-0.25, -0.2) is 5.01 Å². The van der Waals surface area contributed by atoms with Gasteiger partial charge in [0.05, 0.1) is 36.7 Å². The summed E-state index contributed by atoms with van der Waals surface area (Å²) in [4.78, 5) is 29.8. The summed E-state index contributed by atoms with van der Waals surface area (Å²) in [6.07, 6.45) is 0.585. The number of para-hydroxylation sites is 1. The van der Waals surface area contributed by atoms with Crippen molar-refractivity contribution in [2.45, 2.75) is 24.1 Å². The molecule has 38 heavy (non-hydrogen) atoms. The van der Waals surface area contributed by atoms with Crippen molar-refractivity contribution in [3.05, 3.63) is 88.9 Å². The van der Waals surface area contributed by atoms with Gasteiger partial charge in [0.2, 0.25) is 5.91 Å². The number of hydrogen-bond acceptors (Lipinski definition) is 7. The van der Waals surface area contributed by atoms with E-state index >= 15 is 0 Å². The Morgan fingerprint density at radius 1 is 1.03 bits per heavy atom. The number of benzene rings is 3. The van der Waals surface area contributed by atoms with E-state index in [1.54, 1.807) is 43.5 Å². The van der Waals surface area contributed by atoms with Crippen molar-refractivity contribution in [1.82, 2.24) is 5.01 Å². The smallest absolute Gasteiger partial charge is 0.262 e. The number of rotatable bonds is 7.